The summed E-state index contributed by atoms with van der Waals surface area (Å²) in [5.41, 5.74) is 0. The maximum absolute atomic E-state index is 12.6. The third-order valence-corrected chi connectivity index (χ3v) is 8.55. The van der Waals surface area contributed by atoms with Crippen molar-refractivity contribution in [3.63, 3.8) is 0 Å². The molecule has 1 N–H and O–H groups in total. The van der Waals surface area contributed by atoms with E-state index in [0.717, 1.165) is 25.9 Å². The Hall–Kier alpha value is -1.04. The summed E-state index contributed by atoms with van der Waals surface area (Å²) in [6, 6.07) is 5.41. The van der Waals surface area contributed by atoms with Crippen LogP contribution in [0.2, 0.25) is 0 Å². The second kappa shape index (κ2) is 9.64. The summed E-state index contributed by atoms with van der Waals surface area (Å²) in [5, 5.41) is 0. The smallest absolute Gasteiger partial charge is 0.243 e. The first-order chi connectivity index (χ1) is 13.4. The zero-order valence-electron chi connectivity index (χ0n) is 16.0. The third-order valence-electron chi connectivity index (χ3n) is 5.16. The molecule has 0 amide bonds. The Morgan fingerprint density at radius 3 is 2.00 bits per heavy atom. The molecule has 2 fully saturated rings. The van der Waals surface area contributed by atoms with Gasteiger partial charge in [-0.05, 0) is 50.2 Å². The number of hydrogen-bond donors (Lipinski definition) is 1. The van der Waals surface area contributed by atoms with E-state index in [2.05, 4.69) is 9.62 Å². The Balaban J connectivity index is 1.59. The van der Waals surface area contributed by atoms with Crippen LogP contribution in [0.5, 0.6) is 0 Å². The summed E-state index contributed by atoms with van der Waals surface area (Å²) >= 11 is 0. The highest BCUT2D eigenvalue weighted by atomic mass is 32.2. The van der Waals surface area contributed by atoms with E-state index in [1.165, 1.54) is 41.4 Å². The van der Waals surface area contributed by atoms with Crippen LogP contribution in [0.1, 0.15) is 25.7 Å². The molecule has 2 saturated heterocycles. The van der Waals surface area contributed by atoms with Crippen molar-refractivity contribution in [1.82, 2.24) is 13.9 Å². The maximum Gasteiger partial charge on any atom is 0.243 e. The molecule has 2 aliphatic rings. The first kappa shape index (κ1) is 21.7. The van der Waals surface area contributed by atoms with E-state index in [1.54, 1.807) is 0 Å². The van der Waals surface area contributed by atoms with Crippen molar-refractivity contribution in [3.05, 3.63) is 24.3 Å². The predicted octanol–water partition coefficient (Wildman–Crippen LogP) is 0.862. The lowest BCUT2D eigenvalue weighted by molar-refractivity contribution is 0.0730. The fraction of sp³-hybridized carbons (Fsp3) is 0.667. The molecule has 0 aromatic heterocycles. The number of morpholine rings is 1. The molecule has 3 rings (SSSR count). The molecule has 8 nitrogen and oxygen atoms in total. The fourth-order valence-electron chi connectivity index (χ4n) is 3.51. The summed E-state index contributed by atoms with van der Waals surface area (Å²) in [5.74, 6) is 0. The van der Waals surface area contributed by atoms with Crippen LogP contribution in [0.3, 0.4) is 0 Å². The summed E-state index contributed by atoms with van der Waals surface area (Å²) < 4.78 is 59.4. The first-order valence-corrected chi connectivity index (χ1v) is 12.7. The third kappa shape index (κ3) is 5.52. The molecule has 0 atom stereocenters. The van der Waals surface area contributed by atoms with E-state index >= 15 is 0 Å². The minimum Gasteiger partial charge on any atom is -0.379 e. The van der Waals surface area contributed by atoms with Crippen LogP contribution in [0.15, 0.2) is 34.1 Å². The molecule has 0 bridgehead atoms. The van der Waals surface area contributed by atoms with Crippen LogP contribution in [-0.4, -0.2) is 78.5 Å². The lowest BCUT2D eigenvalue weighted by Gasteiger charge is -2.26. The summed E-state index contributed by atoms with van der Waals surface area (Å²) in [6.45, 7) is 4.39. The molecule has 0 spiro atoms. The van der Waals surface area contributed by atoms with Gasteiger partial charge in [0.05, 0.1) is 23.0 Å². The number of ether oxygens (including phenoxy) is 1. The van der Waals surface area contributed by atoms with Gasteiger partial charge >= 0.3 is 0 Å². The number of nitrogens with zero attached hydrogens (tertiary/aromatic N) is 2. The van der Waals surface area contributed by atoms with Crippen LogP contribution in [0, 0.1) is 0 Å². The topological polar surface area (TPSA) is 96.0 Å². The summed E-state index contributed by atoms with van der Waals surface area (Å²) in [6.07, 6.45) is 4.79. The zero-order chi connectivity index (χ0) is 20.0. The Kier molecular flexibility index (Phi) is 7.46. The number of sulfonamides is 2. The molecular formula is C18H29N3O5S2. The number of rotatable bonds is 7. The Labute approximate surface area is 168 Å². The Bertz CT molecular complexity index is 826. The predicted molar refractivity (Wildman–Crippen MR) is 106 cm³/mol. The van der Waals surface area contributed by atoms with Gasteiger partial charge in [0.25, 0.3) is 0 Å². The number of hydrogen-bond acceptors (Lipinski definition) is 6. The van der Waals surface area contributed by atoms with Gasteiger partial charge in [-0.1, -0.05) is 12.8 Å². The van der Waals surface area contributed by atoms with Crippen LogP contribution in [0.4, 0.5) is 0 Å². The molecule has 2 heterocycles. The average Bonchev–Trinajstić information content (AvgIpc) is 2.97. The van der Waals surface area contributed by atoms with Crippen molar-refractivity contribution in [2.45, 2.75) is 35.5 Å². The largest absolute Gasteiger partial charge is 0.379 e. The highest BCUT2D eigenvalue weighted by Gasteiger charge is 2.26. The van der Waals surface area contributed by atoms with Gasteiger partial charge in [0.2, 0.25) is 20.0 Å². The molecular weight excluding hydrogens is 402 g/mol. The van der Waals surface area contributed by atoms with Crippen molar-refractivity contribution >= 4 is 20.0 Å². The van der Waals surface area contributed by atoms with Crippen molar-refractivity contribution in [2.24, 2.45) is 0 Å². The number of likely N-dealkylation sites (tertiary alicyclic amines) is 1. The first-order valence-electron chi connectivity index (χ1n) is 9.80. The van der Waals surface area contributed by atoms with Crippen LogP contribution in [0.25, 0.3) is 0 Å². The van der Waals surface area contributed by atoms with Gasteiger partial charge in [0, 0.05) is 26.2 Å². The Morgan fingerprint density at radius 1 is 0.821 bits per heavy atom. The lowest BCUT2D eigenvalue weighted by atomic mass is 10.2. The molecule has 0 unspecified atom stereocenters. The SMILES string of the molecule is O=S(=O)(NCCN1CCCCCC1)c1ccc(S(=O)(=O)N2CCOCC2)cc1. The van der Waals surface area contributed by atoms with Gasteiger partial charge in [-0.2, -0.15) is 4.31 Å². The number of benzene rings is 1. The van der Waals surface area contributed by atoms with Crippen molar-refractivity contribution in [2.75, 3.05) is 52.5 Å². The number of nitrogens with one attached hydrogen (secondary N) is 1. The van der Waals surface area contributed by atoms with Gasteiger partial charge in [-0.15, -0.1) is 0 Å². The highest BCUT2D eigenvalue weighted by molar-refractivity contribution is 7.89. The maximum atomic E-state index is 12.6. The molecule has 0 radical (unpaired) electrons. The van der Waals surface area contributed by atoms with E-state index in [4.69, 9.17) is 4.74 Å². The van der Waals surface area contributed by atoms with E-state index in [9.17, 15) is 16.8 Å². The van der Waals surface area contributed by atoms with Crippen molar-refractivity contribution < 1.29 is 21.6 Å². The van der Waals surface area contributed by atoms with E-state index in [-0.39, 0.29) is 9.79 Å². The second-order valence-corrected chi connectivity index (χ2v) is 10.8. The summed E-state index contributed by atoms with van der Waals surface area (Å²) in [7, 11) is -7.29. The van der Waals surface area contributed by atoms with Crippen LogP contribution in [-0.2, 0) is 24.8 Å². The highest BCUT2D eigenvalue weighted by Crippen LogP contribution is 2.19. The average molecular weight is 432 g/mol. The van der Waals surface area contributed by atoms with Gasteiger partial charge < -0.3 is 9.64 Å². The van der Waals surface area contributed by atoms with Crippen molar-refractivity contribution in [3.8, 4) is 0 Å². The molecule has 0 saturated carbocycles. The van der Waals surface area contributed by atoms with Gasteiger partial charge in [-0.25, -0.2) is 21.6 Å². The van der Waals surface area contributed by atoms with E-state index in [1.807, 2.05) is 0 Å². The normalized spacial score (nSPS) is 20.7. The van der Waals surface area contributed by atoms with Crippen LogP contribution >= 0.6 is 0 Å². The van der Waals surface area contributed by atoms with Crippen LogP contribution < -0.4 is 4.72 Å². The summed E-state index contributed by atoms with van der Waals surface area (Å²) in [4.78, 5) is 2.45. The molecule has 1 aromatic carbocycles. The van der Waals surface area contributed by atoms with Gasteiger partial charge in [0.1, 0.15) is 0 Å². The monoisotopic (exact) mass is 431 g/mol. The van der Waals surface area contributed by atoms with Gasteiger partial charge in [-0.3, -0.25) is 0 Å². The minimum atomic E-state index is -3.66. The molecule has 10 heteroatoms. The van der Waals surface area contributed by atoms with Gasteiger partial charge in [0.15, 0.2) is 0 Å². The molecule has 28 heavy (non-hydrogen) atoms. The molecule has 2 aliphatic heterocycles. The van der Waals surface area contributed by atoms with Crippen molar-refractivity contribution in [1.29, 1.82) is 0 Å². The lowest BCUT2D eigenvalue weighted by Crippen LogP contribution is -2.40. The van der Waals surface area contributed by atoms with E-state index in [0.29, 0.717) is 39.4 Å². The molecule has 1 aromatic rings. The second-order valence-electron chi connectivity index (χ2n) is 7.14. The Morgan fingerprint density at radius 2 is 1.39 bits per heavy atom. The quantitative estimate of drug-likeness (QED) is 0.688. The molecule has 158 valence electrons. The fourth-order valence-corrected chi connectivity index (χ4v) is 5.94. The zero-order valence-corrected chi connectivity index (χ0v) is 17.7. The van der Waals surface area contributed by atoms with E-state index < -0.39 is 20.0 Å². The molecule has 0 aliphatic carbocycles. The minimum absolute atomic E-state index is 0.0734. The standard InChI is InChI=1S/C18H29N3O5S2/c22-27(23,19-9-12-20-10-3-1-2-4-11-20)17-5-7-18(8-6-17)28(24,25)21-13-15-26-16-14-21/h5-8,19H,1-4,9-16H2.